The highest BCUT2D eigenvalue weighted by molar-refractivity contribution is 7.92. The van der Waals surface area contributed by atoms with Gasteiger partial charge in [-0.15, -0.1) is 0 Å². The Labute approximate surface area is 314 Å². The van der Waals surface area contributed by atoms with Gasteiger partial charge >= 0.3 is 0 Å². The van der Waals surface area contributed by atoms with E-state index >= 15 is 0 Å². The fraction of sp³-hybridized carbons (Fsp3) is 0.488. The van der Waals surface area contributed by atoms with Gasteiger partial charge in [-0.2, -0.15) is 4.98 Å². The number of nitrogens with one attached hydrogen (secondary N) is 1. The number of hydrogen-bond donors (Lipinski definition) is 1. The van der Waals surface area contributed by atoms with E-state index in [-0.39, 0.29) is 59.6 Å². The quantitative estimate of drug-likeness (QED) is 0.213. The van der Waals surface area contributed by atoms with Crippen LogP contribution in [0.4, 0.5) is 11.8 Å². The number of sulfonamides is 1. The van der Waals surface area contributed by atoms with Crippen molar-refractivity contribution >= 4 is 27.7 Å². The molecule has 0 saturated heterocycles. The second kappa shape index (κ2) is 13.1. The van der Waals surface area contributed by atoms with E-state index in [9.17, 15) is 13.2 Å². The van der Waals surface area contributed by atoms with E-state index in [1.165, 1.54) is 37.8 Å². The highest BCUT2D eigenvalue weighted by Crippen LogP contribution is 2.62. The summed E-state index contributed by atoms with van der Waals surface area (Å²) in [6, 6.07) is 15.8. The van der Waals surface area contributed by atoms with E-state index in [0.29, 0.717) is 23.6 Å². The van der Waals surface area contributed by atoms with Crippen molar-refractivity contribution in [2.24, 2.45) is 10.8 Å². The third kappa shape index (κ3) is 6.98. The van der Waals surface area contributed by atoms with Crippen molar-refractivity contribution in [3.8, 4) is 17.1 Å². The Hall–Kier alpha value is -4.58. The zero-order valence-corrected chi connectivity index (χ0v) is 32.3. The fourth-order valence-corrected chi connectivity index (χ4v) is 9.56. The van der Waals surface area contributed by atoms with E-state index < -0.39 is 10.0 Å². The topological polar surface area (TPSA) is 131 Å². The van der Waals surface area contributed by atoms with Crippen LogP contribution in [0.2, 0.25) is 0 Å². The third-order valence-corrected chi connectivity index (χ3v) is 13.1. The van der Waals surface area contributed by atoms with Crippen LogP contribution in [-0.4, -0.2) is 70.9 Å². The number of anilines is 2. The molecule has 2 aromatic heterocycles. The molecule has 11 nitrogen and oxygen atoms in total. The highest BCUT2D eigenvalue weighted by Gasteiger charge is 2.54. The highest BCUT2D eigenvalue weighted by atomic mass is 32.2. The van der Waals surface area contributed by atoms with Gasteiger partial charge in [-0.25, -0.2) is 28.1 Å². The van der Waals surface area contributed by atoms with Gasteiger partial charge in [0.25, 0.3) is 15.9 Å². The first kappa shape index (κ1) is 35.4. The molecule has 3 fully saturated rings. The van der Waals surface area contributed by atoms with E-state index in [1.807, 2.05) is 49.2 Å². The Morgan fingerprint density at radius 3 is 2.42 bits per heavy atom. The lowest BCUT2D eigenvalue weighted by molar-refractivity contribution is 0.0156. The zero-order chi connectivity index (χ0) is 37.3. The third-order valence-electron chi connectivity index (χ3n) is 11.7. The van der Waals surface area contributed by atoms with Crippen LogP contribution in [0.5, 0.6) is 5.88 Å². The number of fused-ring (bicyclic) bond motifs is 4. The van der Waals surface area contributed by atoms with E-state index in [0.717, 1.165) is 41.2 Å². The smallest absolute Gasteiger partial charge is 0.264 e. The Kier molecular flexibility index (Phi) is 8.74. The first-order valence-corrected chi connectivity index (χ1v) is 20.3. The average molecular weight is 738 g/mol. The van der Waals surface area contributed by atoms with Gasteiger partial charge in [0.05, 0.1) is 16.6 Å². The molecule has 1 aliphatic heterocycles. The molecule has 280 valence electrons. The lowest BCUT2D eigenvalue weighted by Crippen LogP contribution is -2.56. The van der Waals surface area contributed by atoms with Crippen molar-refractivity contribution in [1.82, 2.24) is 24.8 Å². The molecular weight excluding hydrogens is 687 g/mol. The molecule has 12 heteroatoms. The minimum Gasteiger partial charge on any atom is -0.475 e. The van der Waals surface area contributed by atoms with Gasteiger partial charge in [0, 0.05) is 49.9 Å². The van der Waals surface area contributed by atoms with E-state index in [2.05, 4.69) is 47.4 Å². The first-order valence-electron chi connectivity index (χ1n) is 18.8. The molecule has 3 saturated carbocycles. The molecule has 1 N–H and O–H groups in total. The summed E-state index contributed by atoms with van der Waals surface area (Å²) in [4.78, 5) is 38.2. The van der Waals surface area contributed by atoms with Gasteiger partial charge in [0.2, 0.25) is 11.8 Å². The number of carbonyl (C=O) groups excluding carboxylic acids is 1. The lowest BCUT2D eigenvalue weighted by Gasteiger charge is -2.48. The van der Waals surface area contributed by atoms with Crippen molar-refractivity contribution in [1.29, 1.82) is 0 Å². The van der Waals surface area contributed by atoms with Crippen LogP contribution in [0.1, 0.15) is 100 Å². The van der Waals surface area contributed by atoms with Crippen molar-refractivity contribution < 1.29 is 19.4 Å². The van der Waals surface area contributed by atoms with E-state index in [4.69, 9.17) is 14.7 Å². The van der Waals surface area contributed by atoms with Crippen LogP contribution >= 0.6 is 0 Å². The molecular formula is C41H51N7O4S. The summed E-state index contributed by atoms with van der Waals surface area (Å²) < 4.78 is 36.8. The van der Waals surface area contributed by atoms with Crippen LogP contribution in [0.15, 0.2) is 65.7 Å². The van der Waals surface area contributed by atoms with Gasteiger partial charge in [-0.3, -0.25) is 4.79 Å². The standard InChI is InChI=1S/C41H49N7O4S.H2/c1-25-9-7-10-26(2)36(25)32-20-35-45-39(43-32)46-53(50,51)30-12-8-11-27(19-30)38(49)48(29(24-52-35)21-40(3,4)5)33-14-13-31(33)37-42-18-15-34(44-37)47(6)28-22-41(23-28)16-17-41;/h7-12,15,18-20,28-29,31,33H,13-14,16-17,21-24H2,1-6H3,(H,43,45,46);1H/t29-,31?,33?;/m1./s1. The maximum Gasteiger partial charge on any atom is 0.264 e. The summed E-state index contributed by atoms with van der Waals surface area (Å²) in [6.45, 7) is 10.6. The van der Waals surface area contributed by atoms with Crippen molar-refractivity contribution in [2.75, 3.05) is 23.3 Å². The van der Waals surface area contributed by atoms with Gasteiger partial charge in [-0.1, -0.05) is 45.0 Å². The van der Waals surface area contributed by atoms with Crippen LogP contribution in [0.25, 0.3) is 11.3 Å². The van der Waals surface area contributed by atoms with Gasteiger partial charge in [0.15, 0.2) is 0 Å². The normalized spacial score (nSPS) is 23.3. The number of benzene rings is 2. The molecule has 2 aromatic carbocycles. The number of nitrogens with zero attached hydrogens (tertiary/aromatic N) is 6. The van der Waals surface area contributed by atoms with Gasteiger partial charge in [0.1, 0.15) is 18.2 Å². The summed E-state index contributed by atoms with van der Waals surface area (Å²) in [7, 11) is -2.04. The van der Waals surface area contributed by atoms with Crippen molar-refractivity contribution in [3.05, 3.63) is 83.3 Å². The van der Waals surface area contributed by atoms with Gasteiger partial charge < -0.3 is 14.5 Å². The summed E-state index contributed by atoms with van der Waals surface area (Å²) in [5.74, 6) is 1.43. The van der Waals surface area contributed by atoms with Gasteiger partial charge in [-0.05, 0) is 105 Å². The predicted molar refractivity (Wildman–Crippen MR) is 207 cm³/mol. The van der Waals surface area contributed by atoms with Crippen LogP contribution in [0, 0.1) is 24.7 Å². The van der Waals surface area contributed by atoms with Crippen molar-refractivity contribution in [3.63, 3.8) is 0 Å². The molecule has 0 radical (unpaired) electrons. The second-order valence-corrected chi connectivity index (χ2v) is 18.6. The number of ether oxygens (including phenoxy) is 1. The Bertz CT molecular complexity index is 2160. The SMILES string of the molecule is Cc1cccc(C)c1-c1cc2nc(n1)NS(=O)(=O)c1cccc(c1)C(=O)N(C1CCC1c1nccc(N(C)C3CC4(CC4)C3)n1)[C@H](CC(C)(C)C)CO2.[HH]. The maximum atomic E-state index is 14.9. The predicted octanol–water partition coefficient (Wildman–Crippen LogP) is 7.56. The summed E-state index contributed by atoms with van der Waals surface area (Å²) in [5.41, 5.74) is 4.10. The Balaban J connectivity index is 0.00000450. The number of hydrogen-bond acceptors (Lipinski definition) is 9. The number of carbonyl (C=O) groups is 1. The van der Waals surface area contributed by atoms with E-state index in [1.54, 1.807) is 18.2 Å². The molecule has 3 atom stereocenters. The maximum absolute atomic E-state index is 14.9. The Morgan fingerprint density at radius 2 is 1.74 bits per heavy atom. The fourth-order valence-electron chi connectivity index (χ4n) is 8.57. The summed E-state index contributed by atoms with van der Waals surface area (Å²) in [6.07, 6.45) is 9.20. The first-order chi connectivity index (χ1) is 25.2. The Morgan fingerprint density at radius 1 is 1.00 bits per heavy atom. The molecule has 4 aliphatic rings. The monoisotopic (exact) mass is 737 g/mol. The number of aryl methyl sites for hydroxylation is 2. The number of amides is 1. The molecule has 4 bridgehead atoms. The summed E-state index contributed by atoms with van der Waals surface area (Å²) >= 11 is 0. The zero-order valence-electron chi connectivity index (χ0n) is 31.5. The molecule has 8 rings (SSSR count). The molecule has 53 heavy (non-hydrogen) atoms. The molecule has 3 aliphatic carbocycles. The molecule has 1 amide bonds. The molecule has 1 spiro atoms. The minimum atomic E-state index is -4.17. The van der Waals surface area contributed by atoms with Crippen LogP contribution in [-0.2, 0) is 10.0 Å². The number of rotatable bonds is 6. The molecule has 2 unspecified atom stereocenters. The van der Waals surface area contributed by atoms with Crippen LogP contribution < -0.4 is 14.4 Å². The lowest BCUT2D eigenvalue weighted by atomic mass is 9.75. The molecule has 3 heterocycles. The largest absolute Gasteiger partial charge is 0.475 e. The average Bonchev–Trinajstić information content (AvgIpc) is 3.88. The number of aromatic nitrogens is 4. The summed E-state index contributed by atoms with van der Waals surface area (Å²) in [5, 5.41) is 0. The van der Waals surface area contributed by atoms with Crippen LogP contribution in [0.3, 0.4) is 0 Å². The van der Waals surface area contributed by atoms with Crippen molar-refractivity contribution in [2.45, 2.75) is 109 Å². The molecule has 4 aromatic rings. The minimum absolute atomic E-state index is 0. The second-order valence-electron chi connectivity index (χ2n) is 17.0.